The topological polar surface area (TPSA) is 136 Å². The molecule has 1 unspecified atom stereocenters. The number of β-amino-alcohol motifs (C(OH)–C–C–N with tert-alkyl or cyclic N) is 1. The Balaban J connectivity index is 2.07. The molecule has 0 aliphatic carbocycles. The molecule has 0 bridgehead atoms. The largest absolute Gasteiger partial charge is 0.417 e. The molecular weight excluding hydrogens is 509 g/mol. The molecule has 2 atom stereocenters. The van der Waals surface area contributed by atoms with Gasteiger partial charge in [-0.15, -0.1) is 0 Å². The number of sulfone groups is 1. The fourth-order valence-corrected chi connectivity index (χ4v) is 7.44. The first kappa shape index (κ1) is 25.4. The maximum Gasteiger partial charge on any atom is 0.417 e. The lowest BCUT2D eigenvalue weighted by Crippen LogP contribution is -2.49. The van der Waals surface area contributed by atoms with E-state index in [1.54, 1.807) is 6.07 Å². The van der Waals surface area contributed by atoms with Gasteiger partial charge in [-0.1, -0.05) is 11.6 Å². The Hall–Kier alpha value is -2.21. The molecule has 8 nitrogen and oxygen atoms in total. The van der Waals surface area contributed by atoms with Crippen LogP contribution in [0.15, 0.2) is 52.3 Å². The van der Waals surface area contributed by atoms with E-state index in [-0.39, 0.29) is 15.5 Å². The van der Waals surface area contributed by atoms with Crippen molar-refractivity contribution < 1.29 is 40.2 Å². The van der Waals surface area contributed by atoms with Crippen molar-refractivity contribution in [1.29, 1.82) is 5.26 Å². The van der Waals surface area contributed by atoms with Crippen LogP contribution in [-0.4, -0.2) is 61.9 Å². The number of benzene rings is 2. The zero-order valence-electron chi connectivity index (χ0n) is 16.5. The quantitative estimate of drug-likeness (QED) is 0.608. The molecule has 0 aromatic heterocycles. The van der Waals surface area contributed by atoms with Crippen LogP contribution >= 0.6 is 11.6 Å². The van der Waals surface area contributed by atoms with Crippen molar-refractivity contribution in [3.05, 3.63) is 58.6 Å². The third-order valence-electron chi connectivity index (χ3n) is 5.24. The molecule has 0 saturated carbocycles. The highest BCUT2D eigenvalue weighted by Gasteiger charge is 2.55. The molecule has 2 aromatic carbocycles. The molecule has 0 radical (unpaired) electrons. The van der Waals surface area contributed by atoms with Crippen molar-refractivity contribution in [3.8, 4) is 6.07 Å². The van der Waals surface area contributed by atoms with Gasteiger partial charge in [-0.3, -0.25) is 0 Å². The summed E-state index contributed by atoms with van der Waals surface area (Å²) >= 11 is 5.59. The summed E-state index contributed by atoms with van der Waals surface area (Å²) in [6.07, 6.45) is -5.09. The van der Waals surface area contributed by atoms with Gasteiger partial charge in [0.05, 0.1) is 33.6 Å². The van der Waals surface area contributed by atoms with Gasteiger partial charge in [0.15, 0.2) is 9.84 Å². The molecule has 0 amide bonds. The van der Waals surface area contributed by atoms with E-state index in [0.717, 1.165) is 18.2 Å². The van der Waals surface area contributed by atoms with Crippen LogP contribution in [0.3, 0.4) is 0 Å². The highest BCUT2D eigenvalue weighted by atomic mass is 35.5. The number of halogens is 4. The van der Waals surface area contributed by atoms with E-state index >= 15 is 0 Å². The predicted molar refractivity (Wildman–Crippen MR) is 109 cm³/mol. The van der Waals surface area contributed by atoms with Gasteiger partial charge in [0.2, 0.25) is 10.0 Å². The second kappa shape index (κ2) is 8.53. The second-order valence-corrected chi connectivity index (χ2v) is 11.8. The highest BCUT2D eigenvalue weighted by Crippen LogP contribution is 2.40. The third-order valence-corrected chi connectivity index (χ3v) is 9.62. The summed E-state index contributed by atoms with van der Waals surface area (Å²) in [5, 5.41) is 27.1. The zero-order chi connectivity index (χ0) is 24.8. The van der Waals surface area contributed by atoms with Gasteiger partial charge >= 0.3 is 6.18 Å². The molecule has 1 fully saturated rings. The number of hydrogen-bond donors (Lipinski definition) is 2. The van der Waals surface area contributed by atoms with Crippen LogP contribution < -0.4 is 0 Å². The van der Waals surface area contributed by atoms with Gasteiger partial charge < -0.3 is 10.2 Å². The number of hydrogen-bond acceptors (Lipinski definition) is 7. The molecule has 3 rings (SSSR count). The van der Waals surface area contributed by atoms with Gasteiger partial charge in [0.1, 0.15) is 10.9 Å². The molecule has 1 aliphatic rings. The Morgan fingerprint density at radius 2 is 1.76 bits per heavy atom. The minimum atomic E-state index is -5.09. The maximum absolute atomic E-state index is 13.5. The van der Waals surface area contributed by atoms with E-state index in [0.29, 0.717) is 16.4 Å². The van der Waals surface area contributed by atoms with Crippen molar-refractivity contribution in [3.63, 3.8) is 0 Å². The molecule has 1 heterocycles. The van der Waals surface area contributed by atoms with Crippen LogP contribution in [0.1, 0.15) is 11.1 Å². The first-order valence-electron chi connectivity index (χ1n) is 9.11. The Labute approximate surface area is 192 Å². The molecule has 2 aromatic rings. The average Bonchev–Trinajstić information content (AvgIpc) is 3.13. The molecular formula is C19H16ClF3N2O6S2. The zero-order valence-corrected chi connectivity index (χ0v) is 18.9. The van der Waals surface area contributed by atoms with Crippen molar-refractivity contribution in [1.82, 2.24) is 4.31 Å². The maximum atomic E-state index is 13.5. The van der Waals surface area contributed by atoms with Crippen molar-refractivity contribution >= 4 is 31.5 Å². The van der Waals surface area contributed by atoms with Gasteiger partial charge in [-0.2, -0.15) is 22.7 Å². The lowest BCUT2D eigenvalue weighted by Gasteiger charge is -2.26. The second-order valence-electron chi connectivity index (χ2n) is 7.37. The molecule has 1 saturated heterocycles. The monoisotopic (exact) mass is 524 g/mol. The minimum absolute atomic E-state index is 0.143. The molecule has 33 heavy (non-hydrogen) atoms. The van der Waals surface area contributed by atoms with Crippen molar-refractivity contribution in [2.24, 2.45) is 0 Å². The summed E-state index contributed by atoms with van der Waals surface area (Å²) in [5.74, 6) is 0. The van der Waals surface area contributed by atoms with E-state index in [4.69, 9.17) is 16.9 Å². The van der Waals surface area contributed by atoms with E-state index < -0.39 is 67.0 Å². The average molecular weight is 525 g/mol. The number of sulfonamides is 1. The Kier molecular flexibility index (Phi) is 6.57. The van der Waals surface area contributed by atoms with Crippen molar-refractivity contribution in [2.75, 3.05) is 19.7 Å². The summed E-state index contributed by atoms with van der Waals surface area (Å²) in [7, 11) is -9.43. The van der Waals surface area contributed by atoms with E-state index in [1.165, 1.54) is 12.1 Å². The number of aliphatic hydroxyl groups excluding tert-OH is 1. The number of rotatable bonds is 5. The first-order chi connectivity index (χ1) is 15.2. The molecule has 0 spiro atoms. The van der Waals surface area contributed by atoms with Crippen molar-refractivity contribution in [2.45, 2.75) is 26.8 Å². The van der Waals surface area contributed by atoms with Gasteiger partial charge in [-0.05, 0) is 42.5 Å². The smallest absolute Gasteiger partial charge is 0.393 e. The van der Waals surface area contributed by atoms with Crippen LogP contribution in [0, 0.1) is 11.3 Å². The molecule has 1 aliphatic heterocycles. The minimum Gasteiger partial charge on any atom is -0.393 e. The van der Waals surface area contributed by atoms with Crippen LogP contribution in [0.5, 0.6) is 0 Å². The number of nitrogens with zero attached hydrogens (tertiary/aromatic N) is 2. The predicted octanol–water partition coefficient (Wildman–Crippen LogP) is 1.80. The van der Waals surface area contributed by atoms with E-state index in [1.807, 2.05) is 0 Å². The summed E-state index contributed by atoms with van der Waals surface area (Å²) in [6, 6.07) is 8.32. The fraction of sp³-hybridized carbons (Fsp3) is 0.316. The third kappa shape index (κ3) is 4.59. The summed E-state index contributed by atoms with van der Waals surface area (Å²) < 4.78 is 93.1. The fourth-order valence-electron chi connectivity index (χ4n) is 3.52. The Morgan fingerprint density at radius 3 is 2.27 bits per heavy atom. The van der Waals surface area contributed by atoms with Crippen LogP contribution in [-0.2, 0) is 26.0 Å². The SMILES string of the molecule is N#Cc1ccc(S(=O)(=O)C2CN(S(=O)(=O)c3ccc(Cl)cc3C(F)(F)F)C[C@@]2(O)CO)cc1. The number of alkyl halides is 3. The van der Waals surface area contributed by atoms with Crippen LogP contribution in [0.25, 0.3) is 0 Å². The normalized spacial score (nSPS) is 22.3. The number of nitriles is 1. The van der Waals surface area contributed by atoms with Crippen LogP contribution in [0.4, 0.5) is 13.2 Å². The van der Waals surface area contributed by atoms with E-state index in [9.17, 15) is 40.2 Å². The summed E-state index contributed by atoms with van der Waals surface area (Å²) in [6.45, 7) is -3.06. The Morgan fingerprint density at radius 1 is 1.15 bits per heavy atom. The van der Waals surface area contributed by atoms with Gasteiger partial charge in [0, 0.05) is 18.1 Å². The standard InChI is InChI=1S/C19H16ClF3N2O6S2/c20-13-3-6-16(15(7-13)19(21,22)23)33(30,31)25-9-17(18(27,10-25)11-26)32(28,29)14-4-1-12(8-24)2-5-14/h1-7,17,26-27H,9-11H2/t17?,18-/m1/s1. The molecule has 14 heteroatoms. The Bertz CT molecular complexity index is 1320. The first-order valence-corrected chi connectivity index (χ1v) is 12.5. The molecule has 178 valence electrons. The van der Waals surface area contributed by atoms with Gasteiger partial charge in [-0.25, -0.2) is 16.8 Å². The lowest BCUT2D eigenvalue weighted by atomic mass is 10.1. The highest BCUT2D eigenvalue weighted by molar-refractivity contribution is 7.92. The number of aliphatic hydroxyl groups is 2. The van der Waals surface area contributed by atoms with Crippen LogP contribution in [0.2, 0.25) is 5.02 Å². The summed E-state index contributed by atoms with van der Waals surface area (Å²) in [4.78, 5) is -1.53. The molecule has 2 N–H and O–H groups in total. The van der Waals surface area contributed by atoms with Gasteiger partial charge in [0.25, 0.3) is 0 Å². The summed E-state index contributed by atoms with van der Waals surface area (Å²) in [5.41, 5.74) is -3.91. The van der Waals surface area contributed by atoms with E-state index in [2.05, 4.69) is 0 Å². The lowest BCUT2D eigenvalue weighted by molar-refractivity contribution is -0.139.